The summed E-state index contributed by atoms with van der Waals surface area (Å²) in [5.41, 5.74) is 2.22. The maximum Gasteiger partial charge on any atom is 0.273 e. The van der Waals surface area contributed by atoms with Crippen LogP contribution in [0.15, 0.2) is 48.5 Å². The van der Waals surface area contributed by atoms with E-state index in [1.54, 1.807) is 19.1 Å². The van der Waals surface area contributed by atoms with Crippen LogP contribution >= 0.6 is 11.6 Å². The number of amides is 1. The summed E-state index contributed by atoms with van der Waals surface area (Å²) in [6.45, 7) is 2.20. The van der Waals surface area contributed by atoms with Crippen molar-refractivity contribution in [2.75, 3.05) is 6.54 Å². The average Bonchev–Trinajstić information content (AvgIpc) is 3.41. The highest BCUT2D eigenvalue weighted by Gasteiger charge is 2.44. The molecule has 1 saturated carbocycles. The van der Waals surface area contributed by atoms with Gasteiger partial charge in [-0.1, -0.05) is 35.0 Å². The molecule has 0 aliphatic heterocycles. The third-order valence-corrected chi connectivity index (χ3v) is 5.54. The second kappa shape index (κ2) is 7.29. The minimum Gasteiger partial charge on any atom is -0.350 e. The summed E-state index contributed by atoms with van der Waals surface area (Å²) in [7, 11) is 0. The van der Waals surface area contributed by atoms with Crippen LogP contribution in [0.2, 0.25) is 5.02 Å². The van der Waals surface area contributed by atoms with E-state index in [-0.39, 0.29) is 22.7 Å². The first-order valence-corrected chi connectivity index (χ1v) is 9.49. The maximum atomic E-state index is 12.7. The summed E-state index contributed by atoms with van der Waals surface area (Å²) in [5.74, 6) is -0.320. The van der Waals surface area contributed by atoms with E-state index in [2.05, 4.69) is 15.6 Å². The lowest BCUT2D eigenvalue weighted by molar-refractivity contribution is -0.384. The van der Waals surface area contributed by atoms with Crippen molar-refractivity contribution in [3.63, 3.8) is 0 Å². The zero-order valence-corrected chi connectivity index (χ0v) is 16.4. The number of non-ortho nitro benzene ring substituents is 1. The fraction of sp³-hybridized carbons (Fsp3) is 0.250. The van der Waals surface area contributed by atoms with Gasteiger partial charge in [0.2, 0.25) is 0 Å². The molecule has 0 bridgehead atoms. The van der Waals surface area contributed by atoms with Crippen molar-refractivity contribution in [1.82, 2.24) is 20.3 Å². The van der Waals surface area contributed by atoms with E-state index in [0.29, 0.717) is 22.9 Å². The van der Waals surface area contributed by atoms with Gasteiger partial charge < -0.3 is 5.32 Å². The van der Waals surface area contributed by atoms with Crippen LogP contribution in [0.25, 0.3) is 5.69 Å². The minimum absolute atomic E-state index is 0.0537. The first-order chi connectivity index (χ1) is 13.9. The highest BCUT2D eigenvalue weighted by Crippen LogP contribution is 2.47. The largest absolute Gasteiger partial charge is 0.350 e. The Balaban J connectivity index is 1.50. The normalized spacial score (nSPS) is 14.4. The number of rotatable bonds is 6. The number of hydrogen-bond donors (Lipinski definition) is 1. The van der Waals surface area contributed by atoms with Gasteiger partial charge in [-0.05, 0) is 43.5 Å². The SMILES string of the molecule is Cc1c(C(=O)NCC2(c3ccc(Cl)cc3)CC2)nnn1-c1cccc([N+](=O)[O-])c1. The lowest BCUT2D eigenvalue weighted by Crippen LogP contribution is -2.32. The molecule has 1 N–H and O–H groups in total. The molecule has 29 heavy (non-hydrogen) atoms. The monoisotopic (exact) mass is 411 g/mol. The third-order valence-electron chi connectivity index (χ3n) is 5.29. The van der Waals surface area contributed by atoms with Gasteiger partial charge in [0.05, 0.1) is 16.3 Å². The van der Waals surface area contributed by atoms with E-state index >= 15 is 0 Å². The predicted molar refractivity (Wildman–Crippen MR) is 107 cm³/mol. The molecule has 1 aromatic heterocycles. The van der Waals surface area contributed by atoms with Crippen LogP contribution in [0.1, 0.15) is 34.6 Å². The van der Waals surface area contributed by atoms with Gasteiger partial charge in [0.15, 0.2) is 5.69 Å². The van der Waals surface area contributed by atoms with Crippen LogP contribution in [0.5, 0.6) is 0 Å². The van der Waals surface area contributed by atoms with Gasteiger partial charge in [-0.2, -0.15) is 0 Å². The van der Waals surface area contributed by atoms with E-state index in [4.69, 9.17) is 11.6 Å². The first kappa shape index (κ1) is 19.1. The highest BCUT2D eigenvalue weighted by atomic mass is 35.5. The van der Waals surface area contributed by atoms with Crippen molar-refractivity contribution >= 4 is 23.2 Å². The highest BCUT2D eigenvalue weighted by molar-refractivity contribution is 6.30. The van der Waals surface area contributed by atoms with Crippen molar-refractivity contribution < 1.29 is 9.72 Å². The molecule has 1 aliphatic rings. The lowest BCUT2D eigenvalue weighted by Gasteiger charge is -2.16. The summed E-state index contributed by atoms with van der Waals surface area (Å²) >= 11 is 5.96. The molecular weight excluding hydrogens is 394 g/mol. The molecule has 1 aliphatic carbocycles. The quantitative estimate of drug-likeness (QED) is 0.493. The van der Waals surface area contributed by atoms with Gasteiger partial charge in [-0.15, -0.1) is 5.10 Å². The number of carbonyl (C=O) groups excluding carboxylic acids is 1. The van der Waals surface area contributed by atoms with Gasteiger partial charge in [-0.25, -0.2) is 4.68 Å². The Labute approximate surface area is 171 Å². The fourth-order valence-corrected chi connectivity index (χ4v) is 3.50. The molecule has 148 valence electrons. The number of aromatic nitrogens is 3. The number of hydrogen-bond acceptors (Lipinski definition) is 5. The van der Waals surface area contributed by atoms with E-state index in [1.165, 1.54) is 16.8 Å². The van der Waals surface area contributed by atoms with Crippen molar-refractivity contribution in [1.29, 1.82) is 0 Å². The fourth-order valence-electron chi connectivity index (χ4n) is 3.38. The molecule has 0 spiro atoms. The molecule has 0 saturated heterocycles. The number of nitro groups is 1. The van der Waals surface area contributed by atoms with Gasteiger partial charge in [0.1, 0.15) is 0 Å². The second-order valence-electron chi connectivity index (χ2n) is 7.18. The van der Waals surface area contributed by atoms with E-state index in [0.717, 1.165) is 18.4 Å². The maximum absolute atomic E-state index is 12.7. The molecule has 0 atom stereocenters. The molecule has 1 amide bonds. The topological polar surface area (TPSA) is 103 Å². The van der Waals surface area contributed by atoms with Crippen LogP contribution in [0.3, 0.4) is 0 Å². The molecular formula is C20H18ClN5O3. The van der Waals surface area contributed by atoms with Crippen LogP contribution in [-0.2, 0) is 5.41 Å². The third kappa shape index (κ3) is 3.71. The van der Waals surface area contributed by atoms with Crippen LogP contribution < -0.4 is 5.32 Å². The number of carbonyl (C=O) groups is 1. The van der Waals surface area contributed by atoms with Gasteiger partial charge in [-0.3, -0.25) is 14.9 Å². The molecule has 3 aromatic rings. The summed E-state index contributed by atoms with van der Waals surface area (Å²) in [5, 5.41) is 22.6. The molecule has 4 rings (SSSR count). The van der Waals surface area contributed by atoms with E-state index < -0.39 is 4.92 Å². The van der Waals surface area contributed by atoms with Crippen molar-refractivity contribution in [3.8, 4) is 5.69 Å². The van der Waals surface area contributed by atoms with Crippen LogP contribution in [-0.4, -0.2) is 32.4 Å². The number of nitro benzene ring substituents is 1. The van der Waals surface area contributed by atoms with E-state index in [1.807, 2.05) is 24.3 Å². The number of benzene rings is 2. The predicted octanol–water partition coefficient (Wildman–Crippen LogP) is 3.60. The Morgan fingerprint density at radius 3 is 2.66 bits per heavy atom. The van der Waals surface area contributed by atoms with Crippen LogP contribution in [0, 0.1) is 17.0 Å². The smallest absolute Gasteiger partial charge is 0.273 e. The second-order valence-corrected chi connectivity index (χ2v) is 7.62. The molecule has 8 nitrogen and oxygen atoms in total. The van der Waals surface area contributed by atoms with Gasteiger partial charge in [0.25, 0.3) is 11.6 Å². The molecule has 9 heteroatoms. The zero-order chi connectivity index (χ0) is 20.6. The van der Waals surface area contributed by atoms with Crippen LogP contribution in [0.4, 0.5) is 5.69 Å². The summed E-state index contributed by atoms with van der Waals surface area (Å²) in [6, 6.07) is 13.7. The van der Waals surface area contributed by atoms with Crippen molar-refractivity contribution in [2.24, 2.45) is 0 Å². The van der Waals surface area contributed by atoms with Crippen molar-refractivity contribution in [3.05, 3.63) is 80.6 Å². The molecule has 1 heterocycles. The first-order valence-electron chi connectivity index (χ1n) is 9.11. The minimum atomic E-state index is -0.477. The van der Waals surface area contributed by atoms with Gasteiger partial charge >= 0.3 is 0 Å². The number of nitrogens with one attached hydrogen (secondary N) is 1. The standard InChI is InChI=1S/C20H18ClN5O3/c1-13-18(23-24-25(13)16-3-2-4-17(11-16)26(28)29)19(27)22-12-20(9-10-20)14-5-7-15(21)8-6-14/h2-8,11H,9-10,12H2,1H3,(H,22,27). The molecule has 0 unspecified atom stereocenters. The number of halogens is 1. The molecule has 1 fully saturated rings. The zero-order valence-electron chi connectivity index (χ0n) is 15.6. The number of nitrogens with zero attached hydrogens (tertiary/aromatic N) is 4. The Morgan fingerprint density at radius 1 is 1.28 bits per heavy atom. The van der Waals surface area contributed by atoms with Gasteiger partial charge in [0, 0.05) is 29.1 Å². The Morgan fingerprint density at radius 2 is 2.00 bits per heavy atom. The molecule has 2 aromatic carbocycles. The van der Waals surface area contributed by atoms with E-state index in [9.17, 15) is 14.9 Å². The Bertz CT molecular complexity index is 1090. The Kier molecular flexibility index (Phi) is 4.79. The summed E-state index contributed by atoms with van der Waals surface area (Å²) in [4.78, 5) is 23.2. The van der Waals surface area contributed by atoms with Crippen molar-refractivity contribution in [2.45, 2.75) is 25.2 Å². The molecule has 0 radical (unpaired) electrons. The Hall–Kier alpha value is -3.26. The average molecular weight is 412 g/mol. The lowest BCUT2D eigenvalue weighted by atomic mass is 9.96. The summed E-state index contributed by atoms with van der Waals surface area (Å²) < 4.78 is 1.42. The summed E-state index contributed by atoms with van der Waals surface area (Å²) in [6.07, 6.45) is 1.99.